The number of hydrogen-bond acceptors (Lipinski definition) is 9. The predicted molar refractivity (Wildman–Crippen MR) is 165 cm³/mol. The van der Waals surface area contributed by atoms with E-state index in [-0.39, 0.29) is 29.2 Å². The third kappa shape index (κ3) is 6.73. The molecule has 0 radical (unpaired) electrons. The second kappa shape index (κ2) is 13.5. The van der Waals surface area contributed by atoms with Gasteiger partial charge in [0.15, 0.2) is 23.1 Å². The SMILES string of the molecule is COCCOc1cc2nccc(Oc3ccc(CC(=O)c4cc(C(C)=O)c(C)n(-c5ccc(F)cc5)c4=O)cc3)c2nc1OC. The second-order valence-electron chi connectivity index (χ2n) is 10.1. The number of hydrogen-bond donors (Lipinski definition) is 0. The highest BCUT2D eigenvalue weighted by Gasteiger charge is 2.21. The summed E-state index contributed by atoms with van der Waals surface area (Å²) in [7, 11) is 3.07. The molecule has 5 rings (SSSR count). The summed E-state index contributed by atoms with van der Waals surface area (Å²) >= 11 is 0. The van der Waals surface area contributed by atoms with E-state index in [1.54, 1.807) is 56.6 Å². The average molecular weight is 612 g/mol. The van der Waals surface area contributed by atoms with Crippen LogP contribution >= 0.6 is 0 Å². The topological polar surface area (TPSA) is 119 Å². The van der Waals surface area contributed by atoms with Crippen LogP contribution in [0.1, 0.15) is 38.9 Å². The van der Waals surface area contributed by atoms with Crippen molar-refractivity contribution >= 4 is 22.6 Å². The van der Waals surface area contributed by atoms with Gasteiger partial charge in [-0.05, 0) is 61.9 Å². The van der Waals surface area contributed by atoms with Crippen LogP contribution in [0.4, 0.5) is 4.39 Å². The summed E-state index contributed by atoms with van der Waals surface area (Å²) in [5.74, 6) is 0.371. The van der Waals surface area contributed by atoms with E-state index >= 15 is 0 Å². The van der Waals surface area contributed by atoms with Crippen molar-refractivity contribution in [2.45, 2.75) is 20.3 Å². The largest absolute Gasteiger partial charge is 0.485 e. The van der Waals surface area contributed by atoms with Gasteiger partial charge in [-0.25, -0.2) is 9.37 Å². The quantitative estimate of drug-likeness (QED) is 0.130. The molecule has 3 aromatic heterocycles. The van der Waals surface area contributed by atoms with E-state index in [1.807, 2.05) is 0 Å². The zero-order chi connectivity index (χ0) is 32.1. The lowest BCUT2D eigenvalue weighted by atomic mass is 10.00. The van der Waals surface area contributed by atoms with E-state index in [2.05, 4.69) is 9.97 Å². The predicted octanol–water partition coefficient (Wildman–Crippen LogP) is 5.68. The molecule has 0 saturated heterocycles. The van der Waals surface area contributed by atoms with E-state index < -0.39 is 17.2 Å². The Balaban J connectivity index is 1.38. The number of ketones is 2. The van der Waals surface area contributed by atoms with Crippen molar-refractivity contribution in [3.8, 4) is 28.8 Å². The minimum Gasteiger partial charge on any atom is -0.485 e. The van der Waals surface area contributed by atoms with Crippen molar-refractivity contribution in [2.24, 2.45) is 0 Å². The Morgan fingerprint density at radius 3 is 2.31 bits per heavy atom. The van der Waals surface area contributed by atoms with E-state index in [4.69, 9.17) is 18.9 Å². The van der Waals surface area contributed by atoms with E-state index in [1.165, 1.54) is 48.9 Å². The first kappa shape index (κ1) is 31.0. The summed E-state index contributed by atoms with van der Waals surface area (Å²) in [5.41, 5.74) is 1.85. The molecule has 0 aliphatic heterocycles. The third-order valence-corrected chi connectivity index (χ3v) is 7.07. The number of rotatable bonds is 12. The molecule has 0 N–H and O–H groups in total. The number of aromatic nitrogens is 3. The number of methoxy groups -OCH3 is 2. The van der Waals surface area contributed by atoms with Crippen LogP contribution in [0.3, 0.4) is 0 Å². The number of fused-ring (bicyclic) bond motifs is 1. The van der Waals surface area contributed by atoms with Gasteiger partial charge in [-0.3, -0.25) is 23.9 Å². The van der Waals surface area contributed by atoms with Gasteiger partial charge in [-0.2, -0.15) is 0 Å². The van der Waals surface area contributed by atoms with Crippen molar-refractivity contribution in [1.29, 1.82) is 0 Å². The molecule has 0 saturated carbocycles. The molecule has 0 spiro atoms. The molecular formula is C34H30FN3O7. The number of carbonyl (C=O) groups excluding carboxylic acids is 2. The maximum atomic E-state index is 13.5. The number of Topliss-reactive ketones (excluding diaryl/α,β-unsaturated/α-hetero) is 2. The number of carbonyl (C=O) groups is 2. The summed E-state index contributed by atoms with van der Waals surface area (Å²) in [6.45, 7) is 3.69. The lowest BCUT2D eigenvalue weighted by Gasteiger charge is -2.15. The number of nitrogens with zero attached hydrogens (tertiary/aromatic N) is 3. The molecule has 0 aliphatic carbocycles. The normalized spacial score (nSPS) is 11.0. The summed E-state index contributed by atoms with van der Waals surface area (Å²) in [6.07, 6.45) is 1.50. The fourth-order valence-corrected chi connectivity index (χ4v) is 4.82. The highest BCUT2D eigenvalue weighted by Crippen LogP contribution is 2.34. The van der Waals surface area contributed by atoms with Gasteiger partial charge in [0.25, 0.3) is 11.4 Å². The van der Waals surface area contributed by atoms with Gasteiger partial charge < -0.3 is 18.9 Å². The Morgan fingerprint density at radius 2 is 1.64 bits per heavy atom. The number of pyridine rings is 3. The van der Waals surface area contributed by atoms with Crippen molar-refractivity contribution in [3.63, 3.8) is 0 Å². The van der Waals surface area contributed by atoms with Gasteiger partial charge in [0.2, 0.25) is 0 Å². The molecule has 45 heavy (non-hydrogen) atoms. The minimum absolute atomic E-state index is 0.0951. The molecular weight excluding hydrogens is 581 g/mol. The van der Waals surface area contributed by atoms with Crippen LogP contribution in [-0.4, -0.2) is 53.5 Å². The Morgan fingerprint density at radius 1 is 0.911 bits per heavy atom. The van der Waals surface area contributed by atoms with Crippen molar-refractivity contribution < 1.29 is 32.9 Å². The van der Waals surface area contributed by atoms with E-state index in [0.29, 0.717) is 58.4 Å². The van der Waals surface area contributed by atoms with Crippen LogP contribution in [0, 0.1) is 12.7 Å². The van der Waals surface area contributed by atoms with Crippen molar-refractivity contribution in [3.05, 3.63) is 111 Å². The van der Waals surface area contributed by atoms with Gasteiger partial charge in [0.1, 0.15) is 23.7 Å². The fourth-order valence-electron chi connectivity index (χ4n) is 4.82. The van der Waals surface area contributed by atoms with Gasteiger partial charge in [0, 0.05) is 48.8 Å². The van der Waals surface area contributed by atoms with Crippen LogP contribution in [0.5, 0.6) is 23.1 Å². The van der Waals surface area contributed by atoms with E-state index in [0.717, 1.165) is 0 Å². The van der Waals surface area contributed by atoms with Gasteiger partial charge in [0.05, 0.1) is 24.8 Å². The monoisotopic (exact) mass is 611 g/mol. The molecule has 230 valence electrons. The van der Waals surface area contributed by atoms with Gasteiger partial charge in [-0.15, -0.1) is 0 Å². The standard InChI is InChI=1S/C34H30FN3O7/c1-20-26(21(2)39)18-27(34(41)38(20)24-9-7-23(35)8-10-24)29(40)17-22-5-11-25(12-6-22)45-30-13-14-36-28-19-31(44-16-15-42-3)33(43-4)37-32(28)30/h5-14,18-19H,15-17H2,1-4H3. The number of benzene rings is 2. The van der Waals surface area contributed by atoms with Gasteiger partial charge >= 0.3 is 0 Å². The number of halogens is 1. The Kier molecular flexibility index (Phi) is 9.29. The molecule has 0 atom stereocenters. The molecule has 0 bridgehead atoms. The summed E-state index contributed by atoms with van der Waals surface area (Å²) in [4.78, 5) is 48.2. The Hall–Kier alpha value is -5.42. The Bertz CT molecular complexity index is 1940. The molecule has 0 unspecified atom stereocenters. The maximum absolute atomic E-state index is 13.5. The lowest BCUT2D eigenvalue weighted by Crippen LogP contribution is -2.29. The summed E-state index contributed by atoms with van der Waals surface area (Å²) < 4.78 is 37.0. The van der Waals surface area contributed by atoms with E-state index in [9.17, 15) is 18.8 Å². The Labute approximate surface area is 258 Å². The smallest absolute Gasteiger partial charge is 0.266 e. The second-order valence-corrected chi connectivity index (χ2v) is 10.1. The first-order valence-electron chi connectivity index (χ1n) is 14.0. The summed E-state index contributed by atoms with van der Waals surface area (Å²) in [6, 6.07) is 16.8. The first-order chi connectivity index (χ1) is 21.7. The van der Waals surface area contributed by atoms with Crippen LogP contribution in [0.2, 0.25) is 0 Å². The van der Waals surface area contributed by atoms with Crippen LogP contribution in [-0.2, 0) is 11.2 Å². The molecule has 0 amide bonds. The average Bonchev–Trinajstić information content (AvgIpc) is 3.02. The van der Waals surface area contributed by atoms with Crippen LogP contribution in [0.25, 0.3) is 16.7 Å². The van der Waals surface area contributed by atoms with Crippen molar-refractivity contribution in [2.75, 3.05) is 27.4 Å². The molecule has 10 nitrogen and oxygen atoms in total. The maximum Gasteiger partial charge on any atom is 0.266 e. The van der Waals surface area contributed by atoms with Gasteiger partial charge in [-0.1, -0.05) is 12.1 Å². The minimum atomic E-state index is -0.589. The molecule has 3 heterocycles. The first-order valence-corrected chi connectivity index (χ1v) is 14.0. The van der Waals surface area contributed by atoms with Crippen LogP contribution in [0.15, 0.2) is 77.7 Å². The zero-order valence-electron chi connectivity index (χ0n) is 25.1. The lowest BCUT2D eigenvalue weighted by molar-refractivity contribution is 0.0991. The highest BCUT2D eigenvalue weighted by atomic mass is 19.1. The zero-order valence-corrected chi connectivity index (χ0v) is 25.1. The third-order valence-electron chi connectivity index (χ3n) is 7.07. The number of ether oxygens (including phenoxy) is 4. The fraction of sp³-hybridized carbons (Fsp3) is 0.206. The van der Waals surface area contributed by atoms with Crippen molar-refractivity contribution in [1.82, 2.24) is 14.5 Å². The molecule has 2 aromatic carbocycles. The molecule has 0 aliphatic rings. The highest BCUT2D eigenvalue weighted by molar-refractivity contribution is 6.01. The summed E-state index contributed by atoms with van der Waals surface area (Å²) in [5, 5.41) is 0. The van der Waals surface area contributed by atoms with Crippen LogP contribution < -0.4 is 19.8 Å². The molecule has 11 heteroatoms. The molecule has 5 aromatic rings. The molecule has 0 fully saturated rings.